The third kappa shape index (κ3) is 2.66. The third-order valence-electron chi connectivity index (χ3n) is 1.91. The summed E-state index contributed by atoms with van der Waals surface area (Å²) < 4.78 is 0. The lowest BCUT2D eigenvalue weighted by atomic mass is 10.3. The molecule has 2 aromatic rings. The summed E-state index contributed by atoms with van der Waals surface area (Å²) in [4.78, 5) is 19.6. The fraction of sp³-hybridized carbons (Fsp3) is 0.111. The molecule has 0 aromatic carbocycles. The van der Waals surface area contributed by atoms with Gasteiger partial charge in [0.15, 0.2) is 5.13 Å². The Morgan fingerprint density at radius 2 is 2.29 bits per heavy atom. The molecule has 0 aliphatic carbocycles. The summed E-state index contributed by atoms with van der Waals surface area (Å²) in [5.41, 5.74) is 2.88. The van der Waals surface area contributed by atoms with Gasteiger partial charge in [-0.25, -0.2) is 9.97 Å². The Morgan fingerprint density at radius 1 is 1.47 bits per heavy atom. The quantitative estimate of drug-likeness (QED) is 0.506. The van der Waals surface area contributed by atoms with Gasteiger partial charge in [0, 0.05) is 10.8 Å². The first-order valence-corrected chi connectivity index (χ1v) is 6.37. The Kier molecular flexibility index (Phi) is 3.45. The van der Waals surface area contributed by atoms with Crippen molar-refractivity contribution in [3.8, 4) is 0 Å². The minimum Gasteiger partial charge on any atom is -0.411 e. The van der Waals surface area contributed by atoms with Crippen LogP contribution in [0.2, 0.25) is 0 Å². The standard InChI is InChI=1S/C9H8N4O2S2/c1-5(13-15)6-3-17-9(11-6)12-8(14)7-2-16-4-10-7/h2-4,15H,1H3,(H,11,12,14)/b13-5+. The number of rotatable bonds is 3. The molecule has 0 saturated heterocycles. The number of carbonyl (C=O) groups is 1. The van der Waals surface area contributed by atoms with Crippen molar-refractivity contribution in [1.29, 1.82) is 0 Å². The van der Waals surface area contributed by atoms with E-state index in [-0.39, 0.29) is 5.91 Å². The number of anilines is 1. The van der Waals surface area contributed by atoms with Gasteiger partial charge in [0.25, 0.3) is 5.91 Å². The van der Waals surface area contributed by atoms with E-state index in [1.165, 1.54) is 22.7 Å². The van der Waals surface area contributed by atoms with Gasteiger partial charge in [-0.2, -0.15) is 0 Å². The predicted octanol–water partition coefficient (Wildman–Crippen LogP) is 2.05. The molecule has 0 fully saturated rings. The lowest BCUT2D eigenvalue weighted by Crippen LogP contribution is -2.12. The van der Waals surface area contributed by atoms with Crippen molar-refractivity contribution >= 4 is 39.4 Å². The van der Waals surface area contributed by atoms with E-state index in [4.69, 9.17) is 5.21 Å². The molecular formula is C9H8N4O2S2. The van der Waals surface area contributed by atoms with Crippen molar-refractivity contribution in [3.63, 3.8) is 0 Å². The number of nitrogens with zero attached hydrogens (tertiary/aromatic N) is 3. The van der Waals surface area contributed by atoms with E-state index in [0.717, 1.165) is 0 Å². The third-order valence-corrected chi connectivity index (χ3v) is 3.25. The van der Waals surface area contributed by atoms with Crippen molar-refractivity contribution in [2.24, 2.45) is 5.16 Å². The topological polar surface area (TPSA) is 87.5 Å². The number of oxime groups is 1. The zero-order chi connectivity index (χ0) is 12.3. The monoisotopic (exact) mass is 268 g/mol. The van der Waals surface area contributed by atoms with Gasteiger partial charge in [0.1, 0.15) is 17.1 Å². The van der Waals surface area contributed by atoms with Gasteiger partial charge < -0.3 is 5.21 Å². The van der Waals surface area contributed by atoms with Crippen molar-refractivity contribution in [1.82, 2.24) is 9.97 Å². The molecule has 0 unspecified atom stereocenters. The van der Waals surface area contributed by atoms with Gasteiger partial charge in [-0.1, -0.05) is 5.16 Å². The molecular weight excluding hydrogens is 260 g/mol. The summed E-state index contributed by atoms with van der Waals surface area (Å²) in [5.74, 6) is -0.300. The molecule has 8 heteroatoms. The molecule has 0 aliphatic heterocycles. The van der Waals surface area contributed by atoms with Crippen LogP contribution in [-0.4, -0.2) is 26.8 Å². The molecule has 2 heterocycles. The van der Waals surface area contributed by atoms with Crippen LogP contribution in [0.15, 0.2) is 21.4 Å². The van der Waals surface area contributed by atoms with E-state index in [0.29, 0.717) is 22.2 Å². The van der Waals surface area contributed by atoms with Crippen molar-refractivity contribution in [3.05, 3.63) is 27.7 Å². The first-order valence-electron chi connectivity index (χ1n) is 4.55. The highest BCUT2D eigenvalue weighted by molar-refractivity contribution is 7.14. The van der Waals surface area contributed by atoms with Gasteiger partial charge in [-0.15, -0.1) is 22.7 Å². The van der Waals surface area contributed by atoms with Crippen LogP contribution >= 0.6 is 22.7 Å². The molecule has 2 N–H and O–H groups in total. The number of carbonyl (C=O) groups excluding carboxylic acids is 1. The lowest BCUT2D eigenvalue weighted by molar-refractivity contribution is 0.102. The van der Waals surface area contributed by atoms with E-state index < -0.39 is 0 Å². The highest BCUT2D eigenvalue weighted by Gasteiger charge is 2.11. The van der Waals surface area contributed by atoms with Gasteiger partial charge in [-0.05, 0) is 6.92 Å². The molecule has 6 nitrogen and oxygen atoms in total. The van der Waals surface area contributed by atoms with Crippen molar-refractivity contribution in [2.45, 2.75) is 6.92 Å². The average molecular weight is 268 g/mol. The van der Waals surface area contributed by atoms with E-state index in [9.17, 15) is 4.79 Å². The largest absolute Gasteiger partial charge is 0.411 e. The molecule has 1 amide bonds. The summed E-state index contributed by atoms with van der Waals surface area (Å²) in [6.07, 6.45) is 0. The number of hydrogen-bond donors (Lipinski definition) is 2. The first-order chi connectivity index (χ1) is 8.20. The summed E-state index contributed by atoms with van der Waals surface area (Å²) in [6, 6.07) is 0. The summed E-state index contributed by atoms with van der Waals surface area (Å²) in [6.45, 7) is 1.63. The Bertz CT molecular complexity index is 547. The van der Waals surface area contributed by atoms with E-state index in [1.54, 1.807) is 23.2 Å². The maximum Gasteiger partial charge on any atom is 0.276 e. The molecule has 2 aromatic heterocycles. The molecule has 2 rings (SSSR count). The fourth-order valence-corrected chi connectivity index (χ4v) is 2.32. The highest BCUT2D eigenvalue weighted by atomic mass is 32.1. The first kappa shape index (κ1) is 11.7. The van der Waals surface area contributed by atoms with E-state index in [1.807, 2.05) is 0 Å². The molecule has 0 radical (unpaired) electrons. The summed E-state index contributed by atoms with van der Waals surface area (Å²) in [5, 5.41) is 18.0. The number of aromatic nitrogens is 2. The maximum atomic E-state index is 11.6. The van der Waals surface area contributed by atoms with E-state index in [2.05, 4.69) is 20.4 Å². The van der Waals surface area contributed by atoms with Crippen LogP contribution in [-0.2, 0) is 0 Å². The van der Waals surface area contributed by atoms with Crippen LogP contribution in [0.4, 0.5) is 5.13 Å². The van der Waals surface area contributed by atoms with Gasteiger partial charge in [0.2, 0.25) is 0 Å². The Hall–Kier alpha value is -1.80. The van der Waals surface area contributed by atoms with Gasteiger partial charge in [-0.3, -0.25) is 10.1 Å². The zero-order valence-corrected chi connectivity index (χ0v) is 10.4. The smallest absolute Gasteiger partial charge is 0.276 e. The van der Waals surface area contributed by atoms with Crippen molar-refractivity contribution < 1.29 is 10.0 Å². The lowest BCUT2D eigenvalue weighted by Gasteiger charge is -1.96. The molecule has 0 saturated carbocycles. The molecule has 0 atom stereocenters. The Labute approximate surface area is 105 Å². The summed E-state index contributed by atoms with van der Waals surface area (Å²) in [7, 11) is 0. The maximum absolute atomic E-state index is 11.6. The van der Waals surface area contributed by atoms with Crippen LogP contribution in [0.25, 0.3) is 0 Å². The fourth-order valence-electron chi connectivity index (χ4n) is 1.03. The van der Waals surface area contributed by atoms with Gasteiger partial charge in [0.05, 0.1) is 5.51 Å². The molecule has 17 heavy (non-hydrogen) atoms. The predicted molar refractivity (Wildman–Crippen MR) is 66.2 cm³/mol. The van der Waals surface area contributed by atoms with Gasteiger partial charge >= 0.3 is 0 Å². The van der Waals surface area contributed by atoms with Crippen LogP contribution in [0.3, 0.4) is 0 Å². The highest BCUT2D eigenvalue weighted by Crippen LogP contribution is 2.17. The number of hydrogen-bond acceptors (Lipinski definition) is 7. The van der Waals surface area contributed by atoms with Crippen LogP contribution < -0.4 is 5.32 Å². The van der Waals surface area contributed by atoms with Crippen molar-refractivity contribution in [2.75, 3.05) is 5.32 Å². The zero-order valence-electron chi connectivity index (χ0n) is 8.75. The second kappa shape index (κ2) is 5.02. The molecule has 88 valence electrons. The summed E-state index contributed by atoms with van der Waals surface area (Å²) >= 11 is 2.61. The normalized spacial score (nSPS) is 11.5. The Balaban J connectivity index is 2.10. The minimum atomic E-state index is -0.300. The average Bonchev–Trinajstić information content (AvgIpc) is 2.98. The van der Waals surface area contributed by atoms with E-state index >= 15 is 0 Å². The van der Waals surface area contributed by atoms with Crippen LogP contribution in [0.1, 0.15) is 23.1 Å². The molecule has 0 bridgehead atoms. The molecule has 0 aliphatic rings. The SMILES string of the molecule is C/C(=N\O)c1csc(NC(=O)c2cscn2)n1. The van der Waals surface area contributed by atoms with Crippen LogP contribution in [0.5, 0.6) is 0 Å². The second-order valence-electron chi connectivity index (χ2n) is 3.05. The number of nitrogens with one attached hydrogen (secondary N) is 1. The number of thiazole rings is 2. The minimum absolute atomic E-state index is 0.300. The van der Waals surface area contributed by atoms with Crippen LogP contribution in [0, 0.1) is 0 Å². The number of amides is 1. The molecule has 0 spiro atoms. The second-order valence-corrected chi connectivity index (χ2v) is 4.63. The Morgan fingerprint density at radius 3 is 2.94 bits per heavy atom.